The maximum Gasteiger partial charge on any atom is 0.251 e. The average Bonchev–Trinajstić information content (AvgIpc) is 3.05. The first kappa shape index (κ1) is 15.9. The number of hydrogen-bond acceptors (Lipinski definition) is 6. The largest absolute Gasteiger partial charge is 0.437 e. The Kier molecular flexibility index (Phi) is 3.89. The summed E-state index contributed by atoms with van der Waals surface area (Å²) in [4.78, 5) is 28.7. The van der Waals surface area contributed by atoms with Gasteiger partial charge in [-0.3, -0.25) is 9.78 Å². The molecule has 0 amide bonds. The van der Waals surface area contributed by atoms with Gasteiger partial charge in [-0.1, -0.05) is 6.07 Å². The number of rotatable bonds is 4. The first-order chi connectivity index (χ1) is 12.7. The molecule has 0 aliphatic heterocycles. The van der Waals surface area contributed by atoms with Gasteiger partial charge in [0.15, 0.2) is 17.0 Å². The summed E-state index contributed by atoms with van der Waals surface area (Å²) in [7, 11) is 1.86. The van der Waals surface area contributed by atoms with Gasteiger partial charge in [0.05, 0.1) is 6.33 Å². The molecule has 1 aromatic carbocycles. The van der Waals surface area contributed by atoms with Crippen molar-refractivity contribution in [3.63, 3.8) is 0 Å². The second-order valence-corrected chi connectivity index (χ2v) is 5.86. The SMILES string of the molecule is Cc1ccc(Oc2nc(-c3cccnc3)nc3c2ncn3C)cc1C=O. The van der Waals surface area contributed by atoms with Gasteiger partial charge in [0.2, 0.25) is 0 Å². The van der Waals surface area contributed by atoms with Gasteiger partial charge in [0.1, 0.15) is 12.0 Å². The number of aryl methyl sites for hydroxylation is 2. The van der Waals surface area contributed by atoms with Crippen molar-refractivity contribution < 1.29 is 9.53 Å². The zero-order chi connectivity index (χ0) is 18.1. The van der Waals surface area contributed by atoms with Crippen LogP contribution in [0.5, 0.6) is 11.6 Å². The third-order valence-electron chi connectivity index (χ3n) is 4.04. The van der Waals surface area contributed by atoms with Gasteiger partial charge in [-0.25, -0.2) is 9.97 Å². The molecular weight excluding hydrogens is 330 g/mol. The van der Waals surface area contributed by atoms with Crippen LogP contribution in [0.2, 0.25) is 0 Å². The molecule has 0 aliphatic carbocycles. The number of ether oxygens (including phenoxy) is 1. The number of carbonyl (C=O) groups excluding carboxylic acids is 1. The van der Waals surface area contributed by atoms with Crippen molar-refractivity contribution in [3.05, 3.63) is 60.2 Å². The van der Waals surface area contributed by atoms with E-state index in [0.717, 1.165) is 17.4 Å². The summed E-state index contributed by atoms with van der Waals surface area (Å²) < 4.78 is 7.76. The molecule has 0 unspecified atom stereocenters. The quantitative estimate of drug-likeness (QED) is 0.528. The summed E-state index contributed by atoms with van der Waals surface area (Å²) in [6, 6.07) is 9.01. The number of aromatic nitrogens is 5. The maximum absolute atomic E-state index is 11.2. The van der Waals surface area contributed by atoms with Crippen molar-refractivity contribution in [2.45, 2.75) is 6.92 Å². The Morgan fingerprint density at radius 2 is 2.08 bits per heavy atom. The monoisotopic (exact) mass is 345 g/mol. The van der Waals surface area contributed by atoms with Crippen LogP contribution in [0.15, 0.2) is 49.1 Å². The van der Waals surface area contributed by atoms with Gasteiger partial charge in [-0.05, 0) is 36.8 Å². The summed E-state index contributed by atoms with van der Waals surface area (Å²) in [5.74, 6) is 1.34. The Morgan fingerprint density at radius 1 is 1.19 bits per heavy atom. The van der Waals surface area contributed by atoms with Gasteiger partial charge in [-0.2, -0.15) is 4.98 Å². The van der Waals surface area contributed by atoms with Gasteiger partial charge < -0.3 is 9.30 Å². The molecule has 0 fully saturated rings. The Balaban J connectivity index is 1.85. The fraction of sp³-hybridized carbons (Fsp3) is 0.105. The fourth-order valence-corrected chi connectivity index (χ4v) is 2.60. The van der Waals surface area contributed by atoms with Crippen LogP contribution in [0.4, 0.5) is 0 Å². The molecule has 26 heavy (non-hydrogen) atoms. The van der Waals surface area contributed by atoms with E-state index in [2.05, 4.69) is 19.9 Å². The number of imidazole rings is 1. The molecule has 0 N–H and O–H groups in total. The molecule has 3 aromatic heterocycles. The van der Waals surface area contributed by atoms with Crippen LogP contribution in [-0.2, 0) is 7.05 Å². The van der Waals surface area contributed by atoms with Crippen LogP contribution < -0.4 is 4.74 Å². The third-order valence-corrected chi connectivity index (χ3v) is 4.04. The molecule has 0 saturated carbocycles. The number of aldehydes is 1. The van der Waals surface area contributed by atoms with Gasteiger partial charge in [0, 0.05) is 30.6 Å². The molecule has 4 rings (SSSR count). The third kappa shape index (κ3) is 2.79. The molecular formula is C19H15N5O2. The summed E-state index contributed by atoms with van der Waals surface area (Å²) in [6.45, 7) is 1.87. The predicted octanol–water partition coefficient (Wildman–Crippen LogP) is 3.34. The van der Waals surface area contributed by atoms with E-state index < -0.39 is 0 Å². The highest BCUT2D eigenvalue weighted by Crippen LogP contribution is 2.29. The lowest BCUT2D eigenvalue weighted by Gasteiger charge is -2.09. The van der Waals surface area contributed by atoms with Crippen molar-refractivity contribution in [1.29, 1.82) is 0 Å². The smallest absolute Gasteiger partial charge is 0.251 e. The van der Waals surface area contributed by atoms with Crippen LogP contribution in [-0.4, -0.2) is 30.8 Å². The minimum Gasteiger partial charge on any atom is -0.437 e. The fourth-order valence-electron chi connectivity index (χ4n) is 2.60. The van der Waals surface area contributed by atoms with Crippen LogP contribution in [0.25, 0.3) is 22.6 Å². The minimum absolute atomic E-state index is 0.329. The molecule has 7 heteroatoms. The van der Waals surface area contributed by atoms with E-state index in [4.69, 9.17) is 4.74 Å². The Hall–Kier alpha value is -3.61. The van der Waals surface area contributed by atoms with Crippen molar-refractivity contribution in [3.8, 4) is 23.0 Å². The number of benzene rings is 1. The number of hydrogen-bond donors (Lipinski definition) is 0. The average molecular weight is 345 g/mol. The van der Waals surface area contributed by atoms with Crippen molar-refractivity contribution in [2.24, 2.45) is 7.05 Å². The van der Waals surface area contributed by atoms with E-state index in [1.165, 1.54) is 0 Å². The summed E-state index contributed by atoms with van der Waals surface area (Å²) >= 11 is 0. The van der Waals surface area contributed by atoms with Crippen molar-refractivity contribution in [2.75, 3.05) is 0 Å². The van der Waals surface area contributed by atoms with E-state index in [9.17, 15) is 4.79 Å². The van der Waals surface area contributed by atoms with Gasteiger partial charge in [-0.15, -0.1) is 0 Å². The normalized spacial score (nSPS) is 10.8. The summed E-state index contributed by atoms with van der Waals surface area (Å²) in [5.41, 5.74) is 3.43. The van der Waals surface area contributed by atoms with Crippen molar-refractivity contribution >= 4 is 17.5 Å². The predicted molar refractivity (Wildman–Crippen MR) is 96.2 cm³/mol. The molecule has 0 aliphatic rings. The second-order valence-electron chi connectivity index (χ2n) is 5.86. The lowest BCUT2D eigenvalue weighted by molar-refractivity contribution is 0.112. The highest BCUT2D eigenvalue weighted by atomic mass is 16.5. The summed E-state index contributed by atoms with van der Waals surface area (Å²) in [5, 5.41) is 0. The zero-order valence-corrected chi connectivity index (χ0v) is 14.2. The minimum atomic E-state index is 0.329. The number of fused-ring (bicyclic) bond motifs is 1. The molecule has 0 bridgehead atoms. The Labute approximate surface area is 149 Å². The van der Waals surface area contributed by atoms with Crippen LogP contribution in [0, 0.1) is 6.92 Å². The number of pyridine rings is 1. The van der Waals surface area contributed by atoms with Crippen LogP contribution in [0.1, 0.15) is 15.9 Å². The molecule has 128 valence electrons. The first-order valence-electron chi connectivity index (χ1n) is 7.99. The Bertz CT molecular complexity index is 1110. The molecule has 0 atom stereocenters. The zero-order valence-electron chi connectivity index (χ0n) is 14.2. The molecule has 4 aromatic rings. The van der Waals surface area contributed by atoms with E-state index in [0.29, 0.717) is 34.2 Å². The lowest BCUT2D eigenvalue weighted by Crippen LogP contribution is -1.98. The van der Waals surface area contributed by atoms with E-state index in [1.807, 2.05) is 32.2 Å². The topological polar surface area (TPSA) is 82.8 Å². The van der Waals surface area contributed by atoms with E-state index >= 15 is 0 Å². The molecule has 7 nitrogen and oxygen atoms in total. The maximum atomic E-state index is 11.2. The second kappa shape index (κ2) is 6.36. The first-order valence-corrected chi connectivity index (χ1v) is 7.99. The number of nitrogens with zero attached hydrogens (tertiary/aromatic N) is 5. The lowest BCUT2D eigenvalue weighted by atomic mass is 10.1. The van der Waals surface area contributed by atoms with E-state index in [1.54, 1.807) is 35.4 Å². The van der Waals surface area contributed by atoms with Gasteiger partial charge >= 0.3 is 0 Å². The molecule has 0 radical (unpaired) electrons. The van der Waals surface area contributed by atoms with Crippen LogP contribution >= 0.6 is 0 Å². The molecule has 0 spiro atoms. The highest BCUT2D eigenvalue weighted by Gasteiger charge is 2.15. The van der Waals surface area contributed by atoms with Crippen molar-refractivity contribution in [1.82, 2.24) is 24.5 Å². The molecule has 3 heterocycles. The summed E-state index contributed by atoms with van der Waals surface area (Å²) in [6.07, 6.45) is 5.85. The Morgan fingerprint density at radius 3 is 2.85 bits per heavy atom. The number of carbonyl (C=O) groups is 1. The standard InChI is InChI=1S/C19H15N5O2/c1-12-5-6-15(8-14(12)10-25)26-19-16-18(24(2)11-21-16)22-17(23-19)13-4-3-7-20-9-13/h3-11H,1-2H3. The van der Waals surface area contributed by atoms with Crippen LogP contribution in [0.3, 0.4) is 0 Å². The van der Waals surface area contributed by atoms with Gasteiger partial charge in [0.25, 0.3) is 5.88 Å². The highest BCUT2D eigenvalue weighted by molar-refractivity contribution is 5.80. The molecule has 0 saturated heterocycles. The van der Waals surface area contributed by atoms with E-state index in [-0.39, 0.29) is 0 Å².